The van der Waals surface area contributed by atoms with Gasteiger partial charge in [-0.15, -0.1) is 5.92 Å². The molecule has 0 spiro atoms. The first-order chi connectivity index (χ1) is 11.5. The highest BCUT2D eigenvalue weighted by molar-refractivity contribution is 7.89. The predicted molar refractivity (Wildman–Crippen MR) is 98.0 cm³/mol. The Bertz CT molecular complexity index is 800. The fourth-order valence-corrected chi connectivity index (χ4v) is 3.34. The minimum absolute atomic E-state index is 0.254. The Morgan fingerprint density at radius 2 is 1.71 bits per heavy atom. The van der Waals surface area contributed by atoms with Crippen LogP contribution in [-0.2, 0) is 10.0 Å². The van der Waals surface area contributed by atoms with Gasteiger partial charge in [-0.25, -0.2) is 8.42 Å². The summed E-state index contributed by atoms with van der Waals surface area (Å²) in [5.41, 5.74) is 1.87. The van der Waals surface area contributed by atoms with E-state index in [-0.39, 0.29) is 4.90 Å². The van der Waals surface area contributed by atoms with E-state index in [4.69, 9.17) is 0 Å². The summed E-state index contributed by atoms with van der Waals surface area (Å²) in [4.78, 5) is 0.254. The molecule has 126 valence electrons. The molecule has 0 aliphatic rings. The van der Waals surface area contributed by atoms with Crippen molar-refractivity contribution in [1.82, 2.24) is 4.72 Å². The SMILES string of the molecule is CCCCC#CC(NS(=O)(=O)c1ccc(C)cc1)c1ccccc1. The van der Waals surface area contributed by atoms with E-state index in [2.05, 4.69) is 23.5 Å². The van der Waals surface area contributed by atoms with Crippen molar-refractivity contribution in [2.24, 2.45) is 0 Å². The molecule has 24 heavy (non-hydrogen) atoms. The predicted octanol–water partition coefficient (Wildman–Crippen LogP) is 4.21. The van der Waals surface area contributed by atoms with Crippen LogP contribution in [0.1, 0.15) is 43.4 Å². The van der Waals surface area contributed by atoms with E-state index in [0.29, 0.717) is 0 Å². The third-order valence-electron chi connectivity index (χ3n) is 3.64. The monoisotopic (exact) mass is 341 g/mol. The first-order valence-corrected chi connectivity index (χ1v) is 9.63. The molecule has 0 amide bonds. The van der Waals surface area contributed by atoms with E-state index < -0.39 is 16.1 Å². The molecular weight excluding hydrogens is 318 g/mol. The van der Waals surface area contributed by atoms with E-state index in [0.717, 1.165) is 30.4 Å². The summed E-state index contributed by atoms with van der Waals surface area (Å²) in [7, 11) is -3.62. The summed E-state index contributed by atoms with van der Waals surface area (Å²) in [5, 5.41) is 0. The average molecular weight is 341 g/mol. The third kappa shape index (κ3) is 5.23. The lowest BCUT2D eigenvalue weighted by Crippen LogP contribution is -2.27. The van der Waals surface area contributed by atoms with Crippen molar-refractivity contribution in [2.75, 3.05) is 0 Å². The molecule has 1 atom stereocenters. The van der Waals surface area contributed by atoms with Crippen molar-refractivity contribution in [3.63, 3.8) is 0 Å². The van der Waals surface area contributed by atoms with E-state index >= 15 is 0 Å². The van der Waals surface area contributed by atoms with Crippen LogP contribution in [0.3, 0.4) is 0 Å². The lowest BCUT2D eigenvalue weighted by Gasteiger charge is -2.14. The quantitative estimate of drug-likeness (QED) is 0.632. The topological polar surface area (TPSA) is 46.2 Å². The number of aryl methyl sites for hydroxylation is 1. The highest BCUT2D eigenvalue weighted by atomic mass is 32.2. The van der Waals surface area contributed by atoms with Gasteiger partial charge in [0.2, 0.25) is 10.0 Å². The fraction of sp³-hybridized carbons (Fsp3) is 0.300. The van der Waals surface area contributed by atoms with Crippen molar-refractivity contribution in [3.8, 4) is 11.8 Å². The van der Waals surface area contributed by atoms with Crippen LogP contribution in [0.25, 0.3) is 0 Å². The van der Waals surface area contributed by atoms with E-state index in [9.17, 15) is 8.42 Å². The minimum atomic E-state index is -3.62. The number of unbranched alkanes of at least 4 members (excludes halogenated alkanes) is 2. The van der Waals surface area contributed by atoms with Crippen LogP contribution in [0.5, 0.6) is 0 Å². The molecule has 2 rings (SSSR count). The maximum absolute atomic E-state index is 12.6. The van der Waals surface area contributed by atoms with Crippen LogP contribution < -0.4 is 4.72 Å². The molecule has 2 aromatic rings. The summed E-state index contributed by atoms with van der Waals surface area (Å²) in [6, 6.07) is 15.7. The Morgan fingerprint density at radius 1 is 1.04 bits per heavy atom. The molecule has 0 fully saturated rings. The second-order valence-electron chi connectivity index (χ2n) is 5.70. The number of benzene rings is 2. The van der Waals surface area contributed by atoms with Crippen LogP contribution in [0.4, 0.5) is 0 Å². The number of sulfonamides is 1. The van der Waals surface area contributed by atoms with Crippen molar-refractivity contribution in [1.29, 1.82) is 0 Å². The summed E-state index contributed by atoms with van der Waals surface area (Å²) < 4.78 is 28.0. The van der Waals surface area contributed by atoms with Gasteiger partial charge in [0.05, 0.1) is 4.90 Å². The largest absolute Gasteiger partial charge is 0.241 e. The lowest BCUT2D eigenvalue weighted by molar-refractivity contribution is 0.576. The van der Waals surface area contributed by atoms with Gasteiger partial charge in [0.25, 0.3) is 0 Å². The van der Waals surface area contributed by atoms with Crippen molar-refractivity contribution < 1.29 is 8.42 Å². The standard InChI is InChI=1S/C20H23NO2S/c1-3-4-5-9-12-20(18-10-7-6-8-11-18)21-24(22,23)19-15-13-17(2)14-16-19/h6-8,10-11,13-16,20-21H,3-5H2,1-2H3. The number of rotatable bonds is 6. The molecule has 0 heterocycles. The van der Waals surface area contributed by atoms with E-state index in [1.165, 1.54) is 0 Å². The van der Waals surface area contributed by atoms with Crippen LogP contribution in [0.15, 0.2) is 59.5 Å². The van der Waals surface area contributed by atoms with Crippen LogP contribution in [0.2, 0.25) is 0 Å². The molecule has 0 radical (unpaired) electrons. The Morgan fingerprint density at radius 3 is 2.33 bits per heavy atom. The molecule has 0 aromatic heterocycles. The molecule has 1 N–H and O–H groups in total. The molecule has 1 unspecified atom stereocenters. The summed E-state index contributed by atoms with van der Waals surface area (Å²) in [6.07, 6.45) is 2.85. The molecule has 4 heteroatoms. The molecule has 2 aromatic carbocycles. The first-order valence-electron chi connectivity index (χ1n) is 8.15. The van der Waals surface area contributed by atoms with E-state index in [1.54, 1.807) is 24.3 Å². The highest BCUT2D eigenvalue weighted by Gasteiger charge is 2.19. The minimum Gasteiger partial charge on any atom is -0.207 e. The van der Waals surface area contributed by atoms with Gasteiger partial charge >= 0.3 is 0 Å². The van der Waals surface area contributed by atoms with Gasteiger partial charge in [0, 0.05) is 6.42 Å². The second-order valence-corrected chi connectivity index (χ2v) is 7.42. The summed E-state index contributed by atoms with van der Waals surface area (Å²) in [6.45, 7) is 4.03. The van der Waals surface area contributed by atoms with Gasteiger partial charge in [-0.1, -0.05) is 67.3 Å². The van der Waals surface area contributed by atoms with Crippen molar-refractivity contribution in [3.05, 3.63) is 65.7 Å². The Balaban J connectivity index is 2.26. The van der Waals surface area contributed by atoms with Crippen molar-refractivity contribution >= 4 is 10.0 Å². The normalized spacial score (nSPS) is 12.2. The van der Waals surface area contributed by atoms with Crippen LogP contribution in [-0.4, -0.2) is 8.42 Å². The Labute approximate surface area is 145 Å². The van der Waals surface area contributed by atoms with E-state index in [1.807, 2.05) is 37.3 Å². The van der Waals surface area contributed by atoms with Gasteiger partial charge in [-0.3, -0.25) is 0 Å². The zero-order valence-electron chi connectivity index (χ0n) is 14.1. The highest BCUT2D eigenvalue weighted by Crippen LogP contribution is 2.17. The Hall–Kier alpha value is -2.09. The Kier molecular flexibility index (Phi) is 6.60. The number of nitrogens with one attached hydrogen (secondary N) is 1. The lowest BCUT2D eigenvalue weighted by atomic mass is 10.1. The average Bonchev–Trinajstić information content (AvgIpc) is 2.59. The maximum Gasteiger partial charge on any atom is 0.241 e. The molecule has 0 aliphatic carbocycles. The second kappa shape index (κ2) is 8.68. The zero-order valence-corrected chi connectivity index (χ0v) is 14.9. The molecule has 0 bridgehead atoms. The molecule has 0 aliphatic heterocycles. The number of hydrogen-bond acceptors (Lipinski definition) is 2. The third-order valence-corrected chi connectivity index (χ3v) is 5.08. The summed E-state index contributed by atoms with van der Waals surface area (Å²) >= 11 is 0. The molecule has 0 saturated carbocycles. The van der Waals surface area contributed by atoms with Crippen LogP contribution >= 0.6 is 0 Å². The molecule has 3 nitrogen and oxygen atoms in total. The number of hydrogen-bond donors (Lipinski definition) is 1. The molecular formula is C20H23NO2S. The smallest absolute Gasteiger partial charge is 0.207 e. The van der Waals surface area contributed by atoms with Crippen molar-refractivity contribution in [2.45, 2.75) is 44.0 Å². The summed E-state index contributed by atoms with van der Waals surface area (Å²) in [5.74, 6) is 6.16. The maximum atomic E-state index is 12.6. The van der Waals surface area contributed by atoms with Gasteiger partial charge in [0.15, 0.2) is 0 Å². The van der Waals surface area contributed by atoms with Gasteiger partial charge in [-0.05, 0) is 31.0 Å². The van der Waals surface area contributed by atoms with Gasteiger partial charge < -0.3 is 0 Å². The molecule has 0 saturated heterocycles. The van der Waals surface area contributed by atoms with Crippen LogP contribution in [0, 0.1) is 18.8 Å². The fourth-order valence-electron chi connectivity index (χ4n) is 2.21. The first kappa shape index (κ1) is 18.3. The van der Waals surface area contributed by atoms with Gasteiger partial charge in [-0.2, -0.15) is 4.72 Å². The zero-order chi connectivity index (χ0) is 17.4. The van der Waals surface area contributed by atoms with Gasteiger partial charge in [0.1, 0.15) is 6.04 Å².